The average molecular weight is 126 g/mol. The van der Waals surface area contributed by atoms with E-state index in [4.69, 9.17) is 5.11 Å². The first-order chi connectivity index (χ1) is 4.20. The highest BCUT2D eigenvalue weighted by molar-refractivity contribution is 5.90. The van der Waals surface area contributed by atoms with Gasteiger partial charge in [-0.25, -0.2) is 0 Å². The third-order valence-electron chi connectivity index (χ3n) is 1.59. The fraction of sp³-hybridized carbons (Fsp3) is 0.571. The summed E-state index contributed by atoms with van der Waals surface area (Å²) in [5.41, 5.74) is 0. The number of hydrogen-bond acceptors (Lipinski definition) is 2. The minimum absolute atomic E-state index is 0.0995. The smallest absolute Gasteiger partial charge is 0.155 e. The maximum Gasteiger partial charge on any atom is 0.155 e. The van der Waals surface area contributed by atoms with Gasteiger partial charge in [-0.15, -0.1) is 0 Å². The van der Waals surface area contributed by atoms with Gasteiger partial charge in [-0.3, -0.25) is 4.79 Å². The second-order valence-corrected chi connectivity index (χ2v) is 2.50. The van der Waals surface area contributed by atoms with Crippen LogP contribution >= 0.6 is 0 Å². The van der Waals surface area contributed by atoms with Crippen molar-refractivity contribution in [3.05, 3.63) is 12.2 Å². The molecule has 9 heavy (non-hydrogen) atoms. The fourth-order valence-corrected chi connectivity index (χ4v) is 0.902. The van der Waals surface area contributed by atoms with E-state index in [0.29, 0.717) is 6.42 Å². The second-order valence-electron chi connectivity index (χ2n) is 2.50. The largest absolute Gasteiger partial charge is 0.389 e. The van der Waals surface area contributed by atoms with Crippen LogP contribution in [0.5, 0.6) is 0 Å². The first-order valence-corrected chi connectivity index (χ1v) is 3.09. The summed E-state index contributed by atoms with van der Waals surface area (Å²) in [6.07, 6.45) is 3.07. The summed E-state index contributed by atoms with van der Waals surface area (Å²) in [5, 5.41) is 9.06. The summed E-state index contributed by atoms with van der Waals surface area (Å²) < 4.78 is 0. The van der Waals surface area contributed by atoms with E-state index in [9.17, 15) is 4.79 Å². The quantitative estimate of drug-likeness (QED) is 0.513. The van der Waals surface area contributed by atoms with Crippen LogP contribution < -0.4 is 0 Å². The Labute approximate surface area is 54.2 Å². The Morgan fingerprint density at radius 2 is 2.44 bits per heavy atom. The zero-order chi connectivity index (χ0) is 6.85. The normalized spacial score (nSPS) is 35.1. The Kier molecular flexibility index (Phi) is 1.67. The molecule has 1 rings (SSSR count). The summed E-state index contributed by atoms with van der Waals surface area (Å²) in [5.74, 6) is 0.218. The van der Waals surface area contributed by atoms with Gasteiger partial charge >= 0.3 is 0 Å². The third kappa shape index (κ3) is 1.39. The monoisotopic (exact) mass is 126 g/mol. The lowest BCUT2D eigenvalue weighted by Crippen LogP contribution is -2.21. The fourth-order valence-electron chi connectivity index (χ4n) is 0.902. The molecule has 0 fully saturated rings. The summed E-state index contributed by atoms with van der Waals surface area (Å²) in [4.78, 5) is 10.6. The van der Waals surface area contributed by atoms with Crippen LogP contribution in [-0.4, -0.2) is 17.0 Å². The lowest BCUT2D eigenvalue weighted by atomic mass is 9.93. The van der Waals surface area contributed by atoms with E-state index in [1.165, 1.54) is 6.08 Å². The molecule has 0 bridgehead atoms. The van der Waals surface area contributed by atoms with Crippen LogP contribution in [0, 0.1) is 5.92 Å². The van der Waals surface area contributed by atoms with Crippen molar-refractivity contribution >= 4 is 5.78 Å². The molecule has 0 saturated heterocycles. The maximum absolute atomic E-state index is 10.6. The van der Waals surface area contributed by atoms with Crippen molar-refractivity contribution in [1.82, 2.24) is 0 Å². The third-order valence-corrected chi connectivity index (χ3v) is 1.59. The number of hydrogen-bond donors (Lipinski definition) is 1. The van der Waals surface area contributed by atoms with Crippen LogP contribution in [0.2, 0.25) is 0 Å². The SMILES string of the molecule is CC1CC(=O)C=CC1O. The molecule has 0 aromatic rings. The van der Waals surface area contributed by atoms with Gasteiger partial charge in [0.05, 0.1) is 6.10 Å². The van der Waals surface area contributed by atoms with E-state index in [1.54, 1.807) is 6.08 Å². The Morgan fingerprint density at radius 1 is 1.78 bits per heavy atom. The van der Waals surface area contributed by atoms with Gasteiger partial charge in [0.25, 0.3) is 0 Å². The zero-order valence-corrected chi connectivity index (χ0v) is 5.37. The van der Waals surface area contributed by atoms with Crippen molar-refractivity contribution in [2.75, 3.05) is 0 Å². The first kappa shape index (κ1) is 6.49. The van der Waals surface area contributed by atoms with Gasteiger partial charge < -0.3 is 5.11 Å². The van der Waals surface area contributed by atoms with Crippen molar-refractivity contribution in [2.45, 2.75) is 19.4 Å². The number of aliphatic hydroxyl groups is 1. The van der Waals surface area contributed by atoms with Crippen LogP contribution in [-0.2, 0) is 4.79 Å². The van der Waals surface area contributed by atoms with Crippen LogP contribution in [0.4, 0.5) is 0 Å². The van der Waals surface area contributed by atoms with E-state index in [-0.39, 0.29) is 11.7 Å². The van der Waals surface area contributed by atoms with Gasteiger partial charge in [-0.1, -0.05) is 13.0 Å². The van der Waals surface area contributed by atoms with E-state index in [1.807, 2.05) is 6.92 Å². The lowest BCUT2D eigenvalue weighted by Gasteiger charge is -2.17. The standard InChI is InChI=1S/C7H10O2/c1-5-4-6(8)2-3-7(5)9/h2-3,5,7,9H,4H2,1H3. The highest BCUT2D eigenvalue weighted by atomic mass is 16.3. The van der Waals surface area contributed by atoms with Crippen molar-refractivity contribution in [1.29, 1.82) is 0 Å². The zero-order valence-electron chi connectivity index (χ0n) is 5.37. The van der Waals surface area contributed by atoms with Gasteiger partial charge in [0.2, 0.25) is 0 Å². The number of aliphatic hydroxyl groups excluding tert-OH is 1. The van der Waals surface area contributed by atoms with Gasteiger partial charge in [-0.05, 0) is 12.0 Å². The minimum atomic E-state index is -0.414. The molecule has 0 saturated carbocycles. The number of allylic oxidation sites excluding steroid dienone is 1. The molecule has 2 nitrogen and oxygen atoms in total. The Hall–Kier alpha value is -0.630. The number of rotatable bonds is 0. The molecule has 0 aliphatic heterocycles. The van der Waals surface area contributed by atoms with Crippen LogP contribution in [0.1, 0.15) is 13.3 Å². The average Bonchev–Trinajstić information content (AvgIpc) is 1.80. The Balaban J connectivity index is 2.65. The predicted molar refractivity (Wildman–Crippen MR) is 33.9 cm³/mol. The van der Waals surface area contributed by atoms with Crippen molar-refractivity contribution in [3.63, 3.8) is 0 Å². The highest BCUT2D eigenvalue weighted by Gasteiger charge is 2.18. The van der Waals surface area contributed by atoms with Crippen molar-refractivity contribution < 1.29 is 9.90 Å². The van der Waals surface area contributed by atoms with E-state index in [0.717, 1.165) is 0 Å². The summed E-state index contributed by atoms with van der Waals surface area (Å²) in [7, 11) is 0. The summed E-state index contributed by atoms with van der Waals surface area (Å²) in [6.45, 7) is 1.87. The molecule has 50 valence electrons. The van der Waals surface area contributed by atoms with Crippen LogP contribution in [0.3, 0.4) is 0 Å². The molecule has 0 aromatic heterocycles. The summed E-state index contributed by atoms with van der Waals surface area (Å²) in [6, 6.07) is 0. The predicted octanol–water partition coefficient (Wildman–Crippen LogP) is 0.512. The van der Waals surface area contributed by atoms with Crippen molar-refractivity contribution in [3.8, 4) is 0 Å². The molecule has 1 aliphatic rings. The van der Waals surface area contributed by atoms with Gasteiger partial charge in [0, 0.05) is 6.42 Å². The minimum Gasteiger partial charge on any atom is -0.389 e. The lowest BCUT2D eigenvalue weighted by molar-refractivity contribution is -0.116. The maximum atomic E-state index is 10.6. The molecule has 0 radical (unpaired) electrons. The molecular weight excluding hydrogens is 116 g/mol. The van der Waals surface area contributed by atoms with E-state index < -0.39 is 6.10 Å². The highest BCUT2D eigenvalue weighted by Crippen LogP contribution is 2.14. The number of carbonyl (C=O) groups excluding carboxylic acids is 1. The van der Waals surface area contributed by atoms with Crippen LogP contribution in [0.15, 0.2) is 12.2 Å². The molecule has 0 heterocycles. The molecule has 1 N–H and O–H groups in total. The molecule has 0 aromatic carbocycles. The van der Waals surface area contributed by atoms with E-state index in [2.05, 4.69) is 0 Å². The Bertz CT molecular complexity index is 149. The molecular formula is C7H10O2. The van der Waals surface area contributed by atoms with Gasteiger partial charge in [0.1, 0.15) is 0 Å². The molecule has 0 amide bonds. The second kappa shape index (κ2) is 2.31. The van der Waals surface area contributed by atoms with Gasteiger partial charge in [-0.2, -0.15) is 0 Å². The molecule has 2 heteroatoms. The summed E-state index contributed by atoms with van der Waals surface area (Å²) >= 11 is 0. The van der Waals surface area contributed by atoms with Gasteiger partial charge in [0.15, 0.2) is 5.78 Å². The topological polar surface area (TPSA) is 37.3 Å². The molecule has 0 spiro atoms. The Morgan fingerprint density at radius 3 is 2.89 bits per heavy atom. The number of carbonyl (C=O) groups is 1. The van der Waals surface area contributed by atoms with Crippen molar-refractivity contribution in [2.24, 2.45) is 5.92 Å². The molecule has 2 atom stereocenters. The first-order valence-electron chi connectivity index (χ1n) is 3.09. The molecule has 1 aliphatic carbocycles. The van der Waals surface area contributed by atoms with Crippen LogP contribution in [0.25, 0.3) is 0 Å². The van der Waals surface area contributed by atoms with E-state index >= 15 is 0 Å². The number of ketones is 1. The molecule has 2 unspecified atom stereocenters.